The monoisotopic (exact) mass is 733 g/mol. The summed E-state index contributed by atoms with van der Waals surface area (Å²) in [4.78, 5) is 84.7. The van der Waals surface area contributed by atoms with Crippen LogP contribution in [-0.2, 0) is 41.6 Å². The summed E-state index contributed by atoms with van der Waals surface area (Å²) in [5.41, 5.74) is 12.3. The standard InChI is InChI=1S/C36H47N9O8/c37-36(38)39-16-4-8-26-31(49)34(52)44-27(19-22-6-2-1-3-7-22)32(50)42-24(18-23-10-13-25(47)14-11-23)12-15-30(48)40-20-28(41-21-46)35(53)45-17-5-9-29(45)33(51)43-26/h1-3,6-7,10-15,21,24,26-29,31,47,49H,4-5,8-9,16-20H2,(H,40,48)(H,41,46)(H,42,50)(H,43,51)(H,44,52)(H4,37,38,39)/b15-12+/t24-,26+,27-,28+,29?,31-/m1/s1. The zero-order chi connectivity index (χ0) is 38.3. The third kappa shape index (κ3) is 12.1. The Bertz CT molecular complexity index is 1650. The van der Waals surface area contributed by atoms with Gasteiger partial charge < -0.3 is 53.2 Å². The van der Waals surface area contributed by atoms with E-state index in [2.05, 4.69) is 31.6 Å². The molecule has 0 bridgehead atoms. The number of aliphatic hydroxyl groups is 1. The number of hydrogen-bond acceptors (Lipinski definition) is 9. The molecule has 2 aromatic carbocycles. The van der Waals surface area contributed by atoms with Crippen LogP contribution in [0.3, 0.4) is 0 Å². The molecule has 17 nitrogen and oxygen atoms in total. The summed E-state index contributed by atoms with van der Waals surface area (Å²) in [6.07, 6.45) is 2.35. The summed E-state index contributed by atoms with van der Waals surface area (Å²) in [5.74, 6) is -3.56. The fourth-order valence-electron chi connectivity index (χ4n) is 6.21. The lowest BCUT2D eigenvalue weighted by molar-refractivity contribution is -0.142. The molecule has 0 aliphatic carbocycles. The van der Waals surface area contributed by atoms with Crippen molar-refractivity contribution in [3.8, 4) is 5.75 Å². The molecule has 4 rings (SSSR count). The lowest BCUT2D eigenvalue weighted by atomic mass is 10.0. The van der Waals surface area contributed by atoms with Gasteiger partial charge in [-0.05, 0) is 55.4 Å². The first-order valence-electron chi connectivity index (χ1n) is 17.4. The minimum absolute atomic E-state index is 0.0348. The molecule has 1 saturated heterocycles. The van der Waals surface area contributed by atoms with Gasteiger partial charge in [-0.3, -0.25) is 33.8 Å². The van der Waals surface area contributed by atoms with Crippen LogP contribution in [0.15, 0.2) is 71.7 Å². The molecule has 11 N–H and O–H groups in total. The molecule has 0 radical (unpaired) electrons. The maximum atomic E-state index is 14.0. The predicted octanol–water partition coefficient (Wildman–Crippen LogP) is -2.16. The number of phenolic OH excluding ortho intramolecular Hbond substituents is 1. The Morgan fingerprint density at radius 1 is 0.925 bits per heavy atom. The van der Waals surface area contributed by atoms with Crippen LogP contribution < -0.4 is 38.1 Å². The summed E-state index contributed by atoms with van der Waals surface area (Å²) >= 11 is 0. The van der Waals surface area contributed by atoms with Crippen LogP contribution in [0.25, 0.3) is 0 Å². The number of nitrogens with one attached hydrogen (secondary N) is 5. The number of rotatable bonds is 10. The topological polar surface area (TPSA) is 271 Å². The number of carbonyl (C=O) groups excluding carboxylic acids is 6. The zero-order valence-corrected chi connectivity index (χ0v) is 29.1. The maximum absolute atomic E-state index is 14.0. The van der Waals surface area contributed by atoms with Gasteiger partial charge in [-0.15, -0.1) is 0 Å². The highest BCUT2D eigenvalue weighted by Gasteiger charge is 2.39. The highest BCUT2D eigenvalue weighted by molar-refractivity contribution is 5.94. The molecular formula is C36H47N9O8. The van der Waals surface area contributed by atoms with Crippen molar-refractivity contribution >= 4 is 41.9 Å². The van der Waals surface area contributed by atoms with Crippen LogP contribution in [-0.4, -0.2) is 113 Å². The van der Waals surface area contributed by atoms with Crippen molar-refractivity contribution in [2.75, 3.05) is 19.6 Å². The lowest BCUT2D eigenvalue weighted by Gasteiger charge is -2.31. The average Bonchev–Trinajstić information content (AvgIpc) is 3.64. The normalized spacial score (nSPS) is 25.2. The SMILES string of the molecule is NC(N)=NCCC[C@@H]1NC(=O)C2CCCN2C(=O)[C@@H](NC=O)CNC(=O)/C=C/[C@H](Cc2ccc(O)cc2)NC(=O)[C@@H](Cc2ccccc2)NC(=O)[C@@H]1O. The summed E-state index contributed by atoms with van der Waals surface area (Å²) in [5, 5.41) is 34.4. The maximum Gasteiger partial charge on any atom is 0.251 e. The Labute approximate surface area is 306 Å². The van der Waals surface area contributed by atoms with Crippen LogP contribution in [0.1, 0.15) is 36.8 Å². The van der Waals surface area contributed by atoms with E-state index in [1.54, 1.807) is 42.5 Å². The minimum atomic E-state index is -1.84. The molecule has 2 aromatic rings. The van der Waals surface area contributed by atoms with Crippen LogP contribution in [0.4, 0.5) is 0 Å². The Balaban J connectivity index is 1.71. The van der Waals surface area contributed by atoms with Crippen LogP contribution in [0.5, 0.6) is 5.75 Å². The molecule has 2 aliphatic rings. The van der Waals surface area contributed by atoms with E-state index in [1.165, 1.54) is 29.2 Å². The fourth-order valence-corrected chi connectivity index (χ4v) is 6.21. The number of nitrogens with two attached hydrogens (primary N) is 2. The number of fused-ring (bicyclic) bond motifs is 1. The number of aliphatic hydroxyl groups excluding tert-OH is 1. The highest BCUT2D eigenvalue weighted by atomic mass is 16.3. The molecule has 0 saturated carbocycles. The summed E-state index contributed by atoms with van der Waals surface area (Å²) in [6.45, 7) is 0.0228. The molecule has 2 aliphatic heterocycles. The second kappa shape index (κ2) is 19.6. The zero-order valence-electron chi connectivity index (χ0n) is 29.1. The molecule has 1 fully saturated rings. The van der Waals surface area contributed by atoms with E-state index in [-0.39, 0.29) is 63.4 Å². The molecular weight excluding hydrogens is 686 g/mol. The molecule has 17 heteroatoms. The van der Waals surface area contributed by atoms with Gasteiger partial charge in [0.05, 0.1) is 12.1 Å². The molecule has 0 aromatic heterocycles. The molecule has 284 valence electrons. The van der Waals surface area contributed by atoms with E-state index in [0.29, 0.717) is 24.0 Å². The summed E-state index contributed by atoms with van der Waals surface area (Å²) in [6, 6.07) is 9.76. The second-order valence-electron chi connectivity index (χ2n) is 12.9. The van der Waals surface area contributed by atoms with Gasteiger partial charge in [0, 0.05) is 32.1 Å². The number of nitrogens with zero attached hydrogens (tertiary/aromatic N) is 2. The highest BCUT2D eigenvalue weighted by Crippen LogP contribution is 2.20. The van der Waals surface area contributed by atoms with E-state index in [1.807, 2.05) is 0 Å². The van der Waals surface area contributed by atoms with Crippen LogP contribution >= 0.6 is 0 Å². The Morgan fingerprint density at radius 3 is 2.34 bits per heavy atom. The quantitative estimate of drug-likeness (QED) is 0.0552. The number of guanidine groups is 1. The van der Waals surface area contributed by atoms with E-state index in [4.69, 9.17) is 11.5 Å². The number of phenols is 1. The summed E-state index contributed by atoms with van der Waals surface area (Å²) in [7, 11) is 0. The summed E-state index contributed by atoms with van der Waals surface area (Å²) < 4.78 is 0. The number of aromatic hydroxyl groups is 1. The number of aliphatic imine (C=N–C) groups is 1. The first-order valence-corrected chi connectivity index (χ1v) is 17.4. The van der Waals surface area contributed by atoms with Crippen molar-refractivity contribution in [2.24, 2.45) is 16.5 Å². The first-order chi connectivity index (χ1) is 25.4. The smallest absolute Gasteiger partial charge is 0.251 e. The van der Waals surface area contributed by atoms with Crippen molar-refractivity contribution in [3.05, 3.63) is 77.9 Å². The van der Waals surface area contributed by atoms with E-state index in [0.717, 1.165) is 0 Å². The van der Waals surface area contributed by atoms with Crippen molar-refractivity contribution < 1.29 is 39.0 Å². The molecule has 1 unspecified atom stereocenters. The van der Waals surface area contributed by atoms with Crippen molar-refractivity contribution in [1.82, 2.24) is 31.5 Å². The van der Waals surface area contributed by atoms with E-state index >= 15 is 0 Å². The average molecular weight is 734 g/mol. The van der Waals surface area contributed by atoms with E-state index in [9.17, 15) is 39.0 Å². The van der Waals surface area contributed by atoms with Gasteiger partial charge in [0.15, 0.2) is 12.1 Å². The number of carbonyl (C=O) groups is 6. The van der Waals surface area contributed by atoms with Crippen LogP contribution in [0.2, 0.25) is 0 Å². The van der Waals surface area contributed by atoms with Gasteiger partial charge in [0.2, 0.25) is 30.0 Å². The van der Waals surface area contributed by atoms with Gasteiger partial charge in [-0.25, -0.2) is 0 Å². The minimum Gasteiger partial charge on any atom is -0.508 e. The Hall–Kier alpha value is -5.97. The number of benzene rings is 2. The van der Waals surface area contributed by atoms with Gasteiger partial charge in [0.25, 0.3) is 5.91 Å². The van der Waals surface area contributed by atoms with Gasteiger partial charge in [0.1, 0.15) is 23.9 Å². The van der Waals surface area contributed by atoms with Crippen LogP contribution in [0, 0.1) is 0 Å². The number of hydrogen-bond donors (Lipinski definition) is 9. The Morgan fingerprint density at radius 2 is 1.64 bits per heavy atom. The fraction of sp³-hybridized carbons (Fsp3) is 0.417. The number of amides is 6. The third-order valence-corrected chi connectivity index (χ3v) is 8.95. The largest absolute Gasteiger partial charge is 0.508 e. The molecule has 53 heavy (non-hydrogen) atoms. The van der Waals surface area contributed by atoms with Crippen molar-refractivity contribution in [1.29, 1.82) is 0 Å². The predicted molar refractivity (Wildman–Crippen MR) is 194 cm³/mol. The Kier molecular flexibility index (Phi) is 14.7. The molecule has 2 heterocycles. The molecule has 0 spiro atoms. The molecule has 6 atom stereocenters. The molecule has 6 amide bonds. The first kappa shape index (κ1) is 39.8. The van der Waals surface area contributed by atoms with Gasteiger partial charge in [-0.1, -0.05) is 48.5 Å². The lowest BCUT2D eigenvalue weighted by Crippen LogP contribution is -2.59. The van der Waals surface area contributed by atoms with E-state index < -0.39 is 65.8 Å². The van der Waals surface area contributed by atoms with Gasteiger partial charge >= 0.3 is 0 Å². The van der Waals surface area contributed by atoms with Crippen molar-refractivity contribution in [3.63, 3.8) is 0 Å². The second-order valence-corrected chi connectivity index (χ2v) is 12.9. The van der Waals surface area contributed by atoms with Gasteiger partial charge in [-0.2, -0.15) is 0 Å². The third-order valence-electron chi connectivity index (χ3n) is 8.95. The van der Waals surface area contributed by atoms with Crippen molar-refractivity contribution in [2.45, 2.75) is 74.8 Å².